The van der Waals surface area contributed by atoms with Gasteiger partial charge in [0.25, 0.3) is 0 Å². The number of aliphatic carboxylic acids is 1. The third kappa shape index (κ3) is 5.77. The van der Waals surface area contributed by atoms with Gasteiger partial charge in [-0.2, -0.15) is 0 Å². The third-order valence-corrected chi connectivity index (χ3v) is 3.61. The second kappa shape index (κ2) is 8.79. The predicted molar refractivity (Wildman–Crippen MR) is 77.8 cm³/mol. The van der Waals surface area contributed by atoms with Crippen LogP contribution in [0.3, 0.4) is 0 Å². The van der Waals surface area contributed by atoms with Crippen LogP contribution in [0.2, 0.25) is 0 Å². The van der Waals surface area contributed by atoms with Crippen LogP contribution in [-0.2, 0) is 4.79 Å². The fourth-order valence-corrected chi connectivity index (χ4v) is 2.46. The highest BCUT2D eigenvalue weighted by Crippen LogP contribution is 2.17. The largest absolute Gasteiger partial charge is 0.480 e. The standard InChI is InChI=1S/C14H27N3O3/c1-16(2)10-7-5-9-15-14(20)17-11-6-3-4-8-12(17)13(18)19/h12H,3-11H2,1-2H3,(H,15,20)(H,18,19). The van der Waals surface area contributed by atoms with Crippen molar-refractivity contribution in [2.75, 3.05) is 33.7 Å². The molecule has 1 aliphatic heterocycles. The van der Waals surface area contributed by atoms with Gasteiger partial charge in [-0.1, -0.05) is 12.8 Å². The molecule has 1 heterocycles. The first-order chi connectivity index (χ1) is 9.52. The number of hydrogen-bond donors (Lipinski definition) is 2. The minimum Gasteiger partial charge on any atom is -0.480 e. The number of carbonyl (C=O) groups excluding carboxylic acids is 1. The molecule has 0 radical (unpaired) electrons. The van der Waals surface area contributed by atoms with Crippen molar-refractivity contribution >= 4 is 12.0 Å². The lowest BCUT2D eigenvalue weighted by atomic mass is 10.1. The Balaban J connectivity index is 2.37. The number of carboxylic acid groups (broad SMARTS) is 1. The molecule has 0 aromatic heterocycles. The van der Waals surface area contributed by atoms with Gasteiger partial charge in [-0.15, -0.1) is 0 Å². The summed E-state index contributed by atoms with van der Waals surface area (Å²) in [6.45, 7) is 2.15. The van der Waals surface area contributed by atoms with Gasteiger partial charge in [0.15, 0.2) is 0 Å². The van der Waals surface area contributed by atoms with Crippen LogP contribution >= 0.6 is 0 Å². The Labute approximate surface area is 121 Å². The highest BCUT2D eigenvalue weighted by atomic mass is 16.4. The Morgan fingerprint density at radius 2 is 2.00 bits per heavy atom. The van der Waals surface area contributed by atoms with Crippen LogP contribution in [0.25, 0.3) is 0 Å². The average molecular weight is 285 g/mol. The number of likely N-dealkylation sites (tertiary alicyclic amines) is 1. The Morgan fingerprint density at radius 1 is 1.25 bits per heavy atom. The molecule has 116 valence electrons. The first-order valence-electron chi connectivity index (χ1n) is 7.44. The van der Waals surface area contributed by atoms with Crippen molar-refractivity contribution in [3.63, 3.8) is 0 Å². The molecule has 1 atom stereocenters. The minimum absolute atomic E-state index is 0.232. The normalized spacial score (nSPS) is 19.8. The fourth-order valence-electron chi connectivity index (χ4n) is 2.46. The topological polar surface area (TPSA) is 72.9 Å². The molecule has 20 heavy (non-hydrogen) atoms. The van der Waals surface area contributed by atoms with Crippen LogP contribution in [0.4, 0.5) is 4.79 Å². The maximum Gasteiger partial charge on any atom is 0.326 e. The van der Waals surface area contributed by atoms with Crippen molar-refractivity contribution in [2.45, 2.75) is 44.6 Å². The molecule has 0 aliphatic carbocycles. The Hall–Kier alpha value is -1.30. The number of nitrogens with one attached hydrogen (secondary N) is 1. The Bertz CT molecular complexity index is 321. The SMILES string of the molecule is CN(C)CCCCNC(=O)N1CCCCCC1C(=O)O. The number of rotatable bonds is 6. The van der Waals surface area contributed by atoms with E-state index in [9.17, 15) is 14.7 Å². The molecule has 2 amide bonds. The molecule has 2 N–H and O–H groups in total. The van der Waals surface area contributed by atoms with Crippen molar-refractivity contribution in [2.24, 2.45) is 0 Å². The van der Waals surface area contributed by atoms with E-state index < -0.39 is 12.0 Å². The van der Waals surface area contributed by atoms with Crippen molar-refractivity contribution in [1.29, 1.82) is 0 Å². The van der Waals surface area contributed by atoms with Gasteiger partial charge in [0.05, 0.1) is 0 Å². The van der Waals surface area contributed by atoms with Gasteiger partial charge in [0.2, 0.25) is 0 Å². The number of hydrogen-bond acceptors (Lipinski definition) is 3. The van der Waals surface area contributed by atoms with Crippen LogP contribution in [-0.4, -0.2) is 66.7 Å². The lowest BCUT2D eigenvalue weighted by Gasteiger charge is -2.27. The predicted octanol–water partition coefficient (Wildman–Crippen LogP) is 1.37. The second-order valence-corrected chi connectivity index (χ2v) is 5.64. The molecule has 0 bridgehead atoms. The molecule has 0 aromatic rings. The van der Waals surface area contributed by atoms with Gasteiger partial charge in [-0.05, 0) is 46.3 Å². The van der Waals surface area contributed by atoms with Crippen molar-refractivity contribution in [3.05, 3.63) is 0 Å². The van der Waals surface area contributed by atoms with Gasteiger partial charge >= 0.3 is 12.0 Å². The summed E-state index contributed by atoms with van der Waals surface area (Å²) in [5.41, 5.74) is 0. The zero-order valence-electron chi connectivity index (χ0n) is 12.6. The fraction of sp³-hybridized carbons (Fsp3) is 0.857. The van der Waals surface area contributed by atoms with Gasteiger partial charge in [-0.25, -0.2) is 9.59 Å². The molecule has 6 heteroatoms. The summed E-state index contributed by atoms with van der Waals surface area (Å²) in [5.74, 6) is -0.894. The quantitative estimate of drug-likeness (QED) is 0.723. The molecule has 0 aromatic carbocycles. The lowest BCUT2D eigenvalue weighted by Crippen LogP contribution is -2.49. The van der Waals surface area contributed by atoms with E-state index in [1.165, 1.54) is 4.90 Å². The third-order valence-electron chi connectivity index (χ3n) is 3.61. The van der Waals surface area contributed by atoms with Crippen LogP contribution in [0.15, 0.2) is 0 Å². The zero-order chi connectivity index (χ0) is 15.0. The van der Waals surface area contributed by atoms with E-state index in [2.05, 4.69) is 10.2 Å². The number of carboxylic acids is 1. The van der Waals surface area contributed by atoms with Gasteiger partial charge in [0, 0.05) is 13.1 Å². The molecule has 0 saturated carbocycles. The van der Waals surface area contributed by atoms with E-state index in [1.54, 1.807) is 0 Å². The summed E-state index contributed by atoms with van der Waals surface area (Å²) in [5, 5.41) is 12.1. The van der Waals surface area contributed by atoms with Crippen LogP contribution in [0, 0.1) is 0 Å². The first-order valence-corrected chi connectivity index (χ1v) is 7.44. The Kier molecular flexibility index (Phi) is 7.36. The summed E-state index contributed by atoms with van der Waals surface area (Å²) < 4.78 is 0. The van der Waals surface area contributed by atoms with Gasteiger partial charge in [-0.3, -0.25) is 0 Å². The molecule has 1 fully saturated rings. The molecule has 1 saturated heterocycles. The van der Waals surface area contributed by atoms with E-state index in [0.717, 1.165) is 38.6 Å². The van der Waals surface area contributed by atoms with Crippen LogP contribution < -0.4 is 5.32 Å². The van der Waals surface area contributed by atoms with Crippen LogP contribution in [0.1, 0.15) is 38.5 Å². The number of urea groups is 1. The highest BCUT2D eigenvalue weighted by molar-refractivity contribution is 5.82. The number of unbranched alkanes of at least 4 members (excludes halogenated alkanes) is 1. The number of amides is 2. The van der Waals surface area contributed by atoms with Gasteiger partial charge in [0.1, 0.15) is 6.04 Å². The average Bonchev–Trinajstić information content (AvgIpc) is 2.63. The monoisotopic (exact) mass is 285 g/mol. The van der Waals surface area contributed by atoms with Crippen molar-refractivity contribution in [3.8, 4) is 0 Å². The number of carbonyl (C=O) groups is 2. The van der Waals surface area contributed by atoms with Crippen molar-refractivity contribution in [1.82, 2.24) is 15.1 Å². The molecular formula is C14H27N3O3. The maximum absolute atomic E-state index is 12.1. The van der Waals surface area contributed by atoms with E-state index in [0.29, 0.717) is 19.5 Å². The summed E-state index contributed by atoms with van der Waals surface area (Å²) in [6.07, 6.45) is 5.26. The molecule has 0 spiro atoms. The lowest BCUT2D eigenvalue weighted by molar-refractivity contribution is -0.142. The summed E-state index contributed by atoms with van der Waals surface area (Å²) in [6, 6.07) is -0.900. The molecule has 6 nitrogen and oxygen atoms in total. The molecule has 1 unspecified atom stereocenters. The molecule has 1 rings (SSSR count). The van der Waals surface area contributed by atoms with E-state index in [-0.39, 0.29) is 6.03 Å². The minimum atomic E-state index is -0.894. The van der Waals surface area contributed by atoms with E-state index in [1.807, 2.05) is 14.1 Å². The van der Waals surface area contributed by atoms with E-state index in [4.69, 9.17) is 0 Å². The van der Waals surface area contributed by atoms with E-state index >= 15 is 0 Å². The van der Waals surface area contributed by atoms with Gasteiger partial charge < -0.3 is 20.2 Å². The summed E-state index contributed by atoms with van der Waals surface area (Å²) in [4.78, 5) is 26.9. The Morgan fingerprint density at radius 3 is 2.65 bits per heavy atom. The number of nitrogens with zero attached hydrogens (tertiary/aromatic N) is 2. The maximum atomic E-state index is 12.1. The molecular weight excluding hydrogens is 258 g/mol. The zero-order valence-corrected chi connectivity index (χ0v) is 12.6. The smallest absolute Gasteiger partial charge is 0.326 e. The summed E-state index contributed by atoms with van der Waals surface area (Å²) >= 11 is 0. The molecule has 1 aliphatic rings. The van der Waals surface area contributed by atoms with Crippen LogP contribution in [0.5, 0.6) is 0 Å². The van der Waals surface area contributed by atoms with Crippen molar-refractivity contribution < 1.29 is 14.7 Å². The second-order valence-electron chi connectivity index (χ2n) is 5.64. The summed E-state index contributed by atoms with van der Waals surface area (Å²) in [7, 11) is 4.04. The first kappa shape index (κ1) is 16.8. The highest BCUT2D eigenvalue weighted by Gasteiger charge is 2.30.